The van der Waals surface area contributed by atoms with Crippen molar-refractivity contribution in [1.29, 1.82) is 0 Å². The first-order chi connectivity index (χ1) is 8.91. The van der Waals surface area contributed by atoms with Crippen molar-refractivity contribution in [3.05, 3.63) is 17.8 Å². The fourth-order valence-electron chi connectivity index (χ4n) is 3.15. The predicted molar refractivity (Wildman–Crippen MR) is 78.3 cm³/mol. The molecule has 1 heterocycles. The van der Waals surface area contributed by atoms with Gasteiger partial charge < -0.3 is 9.73 Å². The number of nitrogens with one attached hydrogen (secondary N) is 1. The van der Waals surface area contributed by atoms with Crippen LogP contribution in [0.25, 0.3) is 0 Å². The average molecular weight is 264 g/mol. The lowest BCUT2D eigenvalue weighted by Gasteiger charge is -2.03. The fraction of sp³-hybridized carbons (Fsp3) is 0.812. The van der Waals surface area contributed by atoms with Crippen LogP contribution in [0.15, 0.2) is 10.6 Å². The number of hydrogen-bond acceptors (Lipinski definition) is 3. The number of rotatable bonds is 7. The molecule has 1 saturated carbocycles. The standard InChI is InChI=1S/C16H28N2O/c1-6-9-17-10-7-8-13-18-11-12(19-13)14-15(2,3)16(14,4)5/h11,14,17H,6-10H2,1-5H3. The molecule has 1 aromatic heterocycles. The van der Waals surface area contributed by atoms with E-state index in [1.807, 2.05) is 6.20 Å². The molecule has 2 rings (SSSR count). The molecular weight excluding hydrogens is 236 g/mol. The van der Waals surface area contributed by atoms with Crippen LogP contribution in [0.2, 0.25) is 0 Å². The summed E-state index contributed by atoms with van der Waals surface area (Å²) in [4.78, 5) is 4.43. The Balaban J connectivity index is 1.84. The SMILES string of the molecule is CCCNCCCc1ncc(C2C(C)(C)C2(C)C)o1. The highest BCUT2D eigenvalue weighted by molar-refractivity contribution is 5.27. The molecule has 0 radical (unpaired) electrons. The third-order valence-electron chi connectivity index (χ3n) is 5.05. The van der Waals surface area contributed by atoms with Crippen molar-refractivity contribution in [2.24, 2.45) is 10.8 Å². The Morgan fingerprint density at radius 1 is 1.21 bits per heavy atom. The molecule has 1 aromatic rings. The van der Waals surface area contributed by atoms with Crippen LogP contribution in [0, 0.1) is 10.8 Å². The lowest BCUT2D eigenvalue weighted by atomic mass is 10.0. The summed E-state index contributed by atoms with van der Waals surface area (Å²) < 4.78 is 5.95. The van der Waals surface area contributed by atoms with Gasteiger partial charge in [0.1, 0.15) is 5.76 Å². The van der Waals surface area contributed by atoms with Crippen molar-refractivity contribution < 1.29 is 4.42 Å². The molecule has 1 aliphatic rings. The third kappa shape index (κ3) is 2.71. The van der Waals surface area contributed by atoms with Gasteiger partial charge in [-0.25, -0.2) is 4.98 Å². The number of hydrogen-bond donors (Lipinski definition) is 1. The number of nitrogens with zero attached hydrogens (tertiary/aromatic N) is 1. The van der Waals surface area contributed by atoms with E-state index < -0.39 is 0 Å². The molecule has 1 aliphatic carbocycles. The van der Waals surface area contributed by atoms with Crippen LogP contribution in [-0.2, 0) is 6.42 Å². The molecule has 0 aliphatic heterocycles. The molecule has 0 amide bonds. The van der Waals surface area contributed by atoms with Crippen molar-refractivity contribution in [2.45, 2.75) is 59.8 Å². The molecule has 3 heteroatoms. The van der Waals surface area contributed by atoms with Crippen LogP contribution in [-0.4, -0.2) is 18.1 Å². The topological polar surface area (TPSA) is 38.1 Å². The largest absolute Gasteiger partial charge is 0.445 e. The Kier molecular flexibility index (Phi) is 4.05. The molecule has 0 atom stereocenters. The highest BCUT2D eigenvalue weighted by atomic mass is 16.4. The van der Waals surface area contributed by atoms with Gasteiger partial charge in [-0.05, 0) is 36.8 Å². The smallest absolute Gasteiger partial charge is 0.194 e. The molecular formula is C16H28N2O. The van der Waals surface area contributed by atoms with Crippen LogP contribution in [0.3, 0.4) is 0 Å². The van der Waals surface area contributed by atoms with E-state index in [-0.39, 0.29) is 0 Å². The van der Waals surface area contributed by atoms with E-state index in [4.69, 9.17) is 4.42 Å². The first kappa shape index (κ1) is 14.6. The third-order valence-corrected chi connectivity index (χ3v) is 5.05. The Hall–Kier alpha value is -0.830. The van der Waals surface area contributed by atoms with Gasteiger partial charge in [0, 0.05) is 12.3 Å². The predicted octanol–water partition coefficient (Wildman–Crippen LogP) is 3.76. The van der Waals surface area contributed by atoms with Gasteiger partial charge >= 0.3 is 0 Å². The minimum atomic E-state index is 0.326. The summed E-state index contributed by atoms with van der Waals surface area (Å²) in [5, 5.41) is 3.40. The zero-order chi connectivity index (χ0) is 14.1. The highest BCUT2D eigenvalue weighted by Gasteiger charge is 2.66. The molecule has 0 spiro atoms. The van der Waals surface area contributed by atoms with Crippen molar-refractivity contribution >= 4 is 0 Å². The summed E-state index contributed by atoms with van der Waals surface area (Å²) in [7, 11) is 0. The van der Waals surface area contributed by atoms with Gasteiger partial charge in [0.05, 0.1) is 6.20 Å². The molecule has 0 unspecified atom stereocenters. The van der Waals surface area contributed by atoms with E-state index in [0.717, 1.165) is 37.6 Å². The fourth-order valence-corrected chi connectivity index (χ4v) is 3.15. The maximum Gasteiger partial charge on any atom is 0.194 e. The zero-order valence-electron chi connectivity index (χ0n) is 13.0. The van der Waals surface area contributed by atoms with E-state index in [1.165, 1.54) is 6.42 Å². The lowest BCUT2D eigenvalue weighted by molar-refractivity contribution is 0.431. The summed E-state index contributed by atoms with van der Waals surface area (Å²) in [6.07, 6.45) is 5.16. The molecule has 1 N–H and O–H groups in total. The van der Waals surface area contributed by atoms with Gasteiger partial charge in [-0.1, -0.05) is 34.6 Å². The minimum absolute atomic E-state index is 0.326. The molecule has 0 bridgehead atoms. The first-order valence-corrected chi connectivity index (χ1v) is 7.56. The van der Waals surface area contributed by atoms with Crippen molar-refractivity contribution in [2.75, 3.05) is 13.1 Å². The zero-order valence-corrected chi connectivity index (χ0v) is 13.0. The summed E-state index contributed by atoms with van der Waals surface area (Å²) in [5.74, 6) is 2.48. The number of oxazole rings is 1. The maximum atomic E-state index is 5.95. The van der Waals surface area contributed by atoms with E-state index in [1.54, 1.807) is 0 Å². The van der Waals surface area contributed by atoms with Crippen molar-refractivity contribution in [3.63, 3.8) is 0 Å². The highest BCUT2D eigenvalue weighted by Crippen LogP contribution is 2.73. The quantitative estimate of drug-likeness (QED) is 0.762. The minimum Gasteiger partial charge on any atom is -0.445 e. The van der Waals surface area contributed by atoms with Crippen molar-refractivity contribution in [3.8, 4) is 0 Å². The van der Waals surface area contributed by atoms with E-state index >= 15 is 0 Å². The molecule has 19 heavy (non-hydrogen) atoms. The second kappa shape index (κ2) is 5.28. The summed E-state index contributed by atoms with van der Waals surface area (Å²) >= 11 is 0. The van der Waals surface area contributed by atoms with Gasteiger partial charge in [0.25, 0.3) is 0 Å². The normalized spacial score (nSPS) is 20.7. The number of aromatic nitrogens is 1. The van der Waals surface area contributed by atoms with Gasteiger partial charge in [-0.15, -0.1) is 0 Å². The van der Waals surface area contributed by atoms with Gasteiger partial charge in [0.15, 0.2) is 5.89 Å². The van der Waals surface area contributed by atoms with Crippen LogP contribution >= 0.6 is 0 Å². The van der Waals surface area contributed by atoms with Crippen LogP contribution < -0.4 is 5.32 Å². The van der Waals surface area contributed by atoms with Gasteiger partial charge in [0.2, 0.25) is 0 Å². The Bertz CT molecular complexity index is 406. The van der Waals surface area contributed by atoms with Crippen molar-refractivity contribution in [1.82, 2.24) is 10.3 Å². The second-order valence-electron chi connectivity index (χ2n) is 6.89. The van der Waals surface area contributed by atoms with E-state index in [2.05, 4.69) is 44.9 Å². The molecule has 1 fully saturated rings. The summed E-state index contributed by atoms with van der Waals surface area (Å²) in [6, 6.07) is 0. The van der Waals surface area contributed by atoms with Crippen LogP contribution in [0.1, 0.15) is 65.0 Å². The monoisotopic (exact) mass is 264 g/mol. The van der Waals surface area contributed by atoms with Gasteiger partial charge in [-0.2, -0.15) is 0 Å². The summed E-state index contributed by atoms with van der Waals surface area (Å²) in [5.41, 5.74) is 0.652. The van der Waals surface area contributed by atoms with E-state index in [9.17, 15) is 0 Å². The molecule has 0 saturated heterocycles. The Labute approximate surface area is 117 Å². The molecule has 108 valence electrons. The molecule has 0 aromatic carbocycles. The average Bonchev–Trinajstić information content (AvgIpc) is 2.69. The number of aryl methyl sites for hydroxylation is 1. The lowest BCUT2D eigenvalue weighted by Crippen LogP contribution is -2.16. The Morgan fingerprint density at radius 2 is 1.89 bits per heavy atom. The summed E-state index contributed by atoms with van der Waals surface area (Å²) in [6.45, 7) is 13.6. The van der Waals surface area contributed by atoms with Gasteiger partial charge in [-0.3, -0.25) is 0 Å². The first-order valence-electron chi connectivity index (χ1n) is 7.56. The van der Waals surface area contributed by atoms with E-state index in [0.29, 0.717) is 16.7 Å². The van der Waals surface area contributed by atoms with Crippen LogP contribution in [0.5, 0.6) is 0 Å². The maximum absolute atomic E-state index is 5.95. The second-order valence-corrected chi connectivity index (χ2v) is 6.89. The van der Waals surface area contributed by atoms with Crippen LogP contribution in [0.4, 0.5) is 0 Å². The molecule has 3 nitrogen and oxygen atoms in total. The Morgan fingerprint density at radius 3 is 2.47 bits per heavy atom.